The van der Waals surface area contributed by atoms with Crippen LogP contribution in [0.4, 0.5) is 18.9 Å². The third-order valence-corrected chi connectivity index (χ3v) is 6.74. The van der Waals surface area contributed by atoms with E-state index in [1.165, 1.54) is 11.0 Å². The van der Waals surface area contributed by atoms with Gasteiger partial charge in [0.1, 0.15) is 16.4 Å². The van der Waals surface area contributed by atoms with Gasteiger partial charge < -0.3 is 25.0 Å². The predicted octanol–water partition coefficient (Wildman–Crippen LogP) is 3.16. The number of aromatic hydroxyl groups is 2. The Morgan fingerprint density at radius 2 is 1.94 bits per heavy atom. The molecular weight excluding hydrogens is 537 g/mol. The molecule has 0 unspecified atom stereocenters. The number of carbonyl (C=O) groups excluding carboxylic acids is 1. The number of amides is 1. The van der Waals surface area contributed by atoms with Crippen molar-refractivity contribution in [3.05, 3.63) is 40.4 Å². The molecule has 2 aromatic carbocycles. The Bertz CT molecular complexity index is 1170. The molecule has 0 bridgehead atoms. The smallest absolute Gasteiger partial charge is 0.507 e. The molecule has 9 nitrogen and oxygen atoms in total. The fourth-order valence-corrected chi connectivity index (χ4v) is 5.09. The summed E-state index contributed by atoms with van der Waals surface area (Å²) >= 11 is 3.05. The van der Waals surface area contributed by atoms with E-state index in [1.807, 2.05) is 4.72 Å². The van der Waals surface area contributed by atoms with Gasteiger partial charge in [-0.15, -0.1) is 13.2 Å². The number of phenols is 2. The molecule has 0 aromatic heterocycles. The summed E-state index contributed by atoms with van der Waals surface area (Å²) in [5.74, 6) is -3.48. The van der Waals surface area contributed by atoms with Crippen molar-refractivity contribution in [2.45, 2.75) is 30.1 Å². The number of anilines is 1. The first-order chi connectivity index (χ1) is 15.3. The Kier molecular flexibility index (Phi) is 7.00. The van der Waals surface area contributed by atoms with Crippen LogP contribution in [-0.2, 0) is 10.0 Å². The Morgan fingerprint density at radius 1 is 1.24 bits per heavy atom. The zero-order chi connectivity index (χ0) is 24.6. The van der Waals surface area contributed by atoms with E-state index in [9.17, 15) is 41.7 Å². The normalized spacial score (nSPS) is 16.6. The summed E-state index contributed by atoms with van der Waals surface area (Å²) in [7, 11) is -4.62. The second-order valence-corrected chi connectivity index (χ2v) is 9.68. The number of halogens is 4. The van der Waals surface area contributed by atoms with Gasteiger partial charge in [-0.3, -0.25) is 9.52 Å². The highest BCUT2D eigenvalue weighted by Gasteiger charge is 2.35. The first kappa shape index (κ1) is 24.9. The third kappa shape index (κ3) is 5.62. The van der Waals surface area contributed by atoms with Crippen molar-refractivity contribution in [1.82, 2.24) is 4.90 Å². The lowest BCUT2D eigenvalue weighted by Crippen LogP contribution is -2.37. The number of aliphatic hydroxyl groups is 1. The van der Waals surface area contributed by atoms with Gasteiger partial charge in [-0.05, 0) is 37.1 Å². The Labute approximate surface area is 194 Å². The number of nitrogens with one attached hydrogen (secondary N) is 1. The number of alkyl halides is 3. The molecule has 1 amide bonds. The van der Waals surface area contributed by atoms with Gasteiger partial charge in [0, 0.05) is 17.1 Å². The summed E-state index contributed by atoms with van der Waals surface area (Å²) in [5.41, 5.74) is -1.44. The van der Waals surface area contributed by atoms with Gasteiger partial charge >= 0.3 is 6.36 Å². The number of sulfonamides is 1. The van der Waals surface area contributed by atoms with E-state index < -0.39 is 68.3 Å². The van der Waals surface area contributed by atoms with Crippen LogP contribution in [0.1, 0.15) is 23.2 Å². The second kappa shape index (κ2) is 9.27. The summed E-state index contributed by atoms with van der Waals surface area (Å²) in [6, 6.07) is 4.04. The lowest BCUT2D eigenvalue weighted by Gasteiger charge is -2.24. The lowest BCUT2D eigenvalue weighted by atomic mass is 10.1. The summed E-state index contributed by atoms with van der Waals surface area (Å²) < 4.78 is 70.0. The van der Waals surface area contributed by atoms with E-state index >= 15 is 0 Å². The average Bonchev–Trinajstić information content (AvgIpc) is 3.19. The minimum atomic E-state index is -5.17. The number of ether oxygens (including phenoxy) is 1. The fourth-order valence-electron chi connectivity index (χ4n) is 3.39. The van der Waals surface area contributed by atoms with Crippen molar-refractivity contribution in [3.8, 4) is 17.2 Å². The largest absolute Gasteiger partial charge is 0.573 e. The summed E-state index contributed by atoms with van der Waals surface area (Å²) in [5, 5.41) is 29.9. The van der Waals surface area contributed by atoms with Crippen molar-refractivity contribution in [2.75, 3.05) is 17.9 Å². The molecule has 180 valence electrons. The maximum atomic E-state index is 12.9. The second-order valence-electron chi connectivity index (χ2n) is 7.11. The van der Waals surface area contributed by atoms with Gasteiger partial charge in [0.05, 0.1) is 23.9 Å². The molecule has 3 rings (SSSR count). The van der Waals surface area contributed by atoms with Crippen LogP contribution in [0.3, 0.4) is 0 Å². The molecule has 0 spiro atoms. The summed E-state index contributed by atoms with van der Waals surface area (Å²) in [6.07, 6.45) is -4.20. The molecule has 1 atom stereocenters. The highest BCUT2D eigenvalue weighted by molar-refractivity contribution is 9.10. The van der Waals surface area contributed by atoms with Crippen LogP contribution < -0.4 is 9.46 Å². The molecule has 0 saturated carbocycles. The zero-order valence-electron chi connectivity index (χ0n) is 16.6. The van der Waals surface area contributed by atoms with E-state index in [2.05, 4.69) is 20.7 Å². The molecule has 2 aromatic rings. The van der Waals surface area contributed by atoms with Crippen LogP contribution in [0, 0.1) is 0 Å². The monoisotopic (exact) mass is 554 g/mol. The number of rotatable bonds is 6. The molecule has 1 aliphatic rings. The van der Waals surface area contributed by atoms with Gasteiger partial charge in [-0.25, -0.2) is 8.42 Å². The molecule has 0 radical (unpaired) electrons. The number of phenolic OH excluding ortho intramolecular Hbond substituents is 2. The molecular formula is C19H18BrF3N2O7S. The number of aliphatic hydroxyl groups excluding tert-OH is 1. The van der Waals surface area contributed by atoms with Crippen molar-refractivity contribution >= 4 is 37.5 Å². The zero-order valence-corrected chi connectivity index (χ0v) is 19.0. The number of benzene rings is 2. The third-order valence-electron chi connectivity index (χ3n) is 4.85. The Balaban J connectivity index is 2.08. The summed E-state index contributed by atoms with van der Waals surface area (Å²) in [4.78, 5) is 13.5. The van der Waals surface area contributed by atoms with Crippen molar-refractivity contribution in [3.63, 3.8) is 0 Å². The SMILES string of the molecule is O=C(c1cc(OC(F)(F)F)cc(NS(=O)(=O)c2cc(Br)ccc2O)c1O)N1CCC[C@H]1CO. The minimum Gasteiger partial charge on any atom is -0.507 e. The van der Waals surface area contributed by atoms with E-state index in [0.29, 0.717) is 25.0 Å². The maximum Gasteiger partial charge on any atom is 0.573 e. The number of hydrogen-bond acceptors (Lipinski definition) is 7. The highest BCUT2D eigenvalue weighted by Crippen LogP contribution is 2.38. The lowest BCUT2D eigenvalue weighted by molar-refractivity contribution is -0.274. The first-order valence-corrected chi connectivity index (χ1v) is 11.7. The van der Waals surface area contributed by atoms with Crippen molar-refractivity contribution in [2.24, 2.45) is 0 Å². The minimum absolute atomic E-state index is 0.181. The maximum absolute atomic E-state index is 12.9. The van der Waals surface area contributed by atoms with E-state index in [1.54, 1.807) is 0 Å². The topological polar surface area (TPSA) is 136 Å². The number of hydrogen-bond donors (Lipinski definition) is 4. The van der Waals surface area contributed by atoms with Crippen LogP contribution >= 0.6 is 15.9 Å². The molecule has 14 heteroatoms. The van der Waals surface area contributed by atoms with E-state index in [-0.39, 0.29) is 11.0 Å². The van der Waals surface area contributed by atoms with Gasteiger partial charge in [0.2, 0.25) is 0 Å². The van der Waals surface area contributed by atoms with Gasteiger partial charge in [-0.1, -0.05) is 15.9 Å². The number of nitrogens with zero attached hydrogens (tertiary/aromatic N) is 1. The van der Waals surface area contributed by atoms with E-state index in [0.717, 1.165) is 12.1 Å². The molecule has 0 aliphatic carbocycles. The first-order valence-electron chi connectivity index (χ1n) is 9.38. The van der Waals surface area contributed by atoms with Gasteiger partial charge in [0.15, 0.2) is 5.75 Å². The molecule has 33 heavy (non-hydrogen) atoms. The van der Waals surface area contributed by atoms with Crippen LogP contribution in [0.15, 0.2) is 39.7 Å². The molecule has 1 aliphatic heterocycles. The number of carbonyl (C=O) groups is 1. The van der Waals surface area contributed by atoms with Crippen molar-refractivity contribution in [1.29, 1.82) is 0 Å². The standard InChI is InChI=1S/C19H18BrF3N2O7S/c20-10-3-4-15(27)16(6-10)33(30,31)24-14-8-12(32-19(21,22)23)7-13(17(14)28)18(29)25-5-1-2-11(25)9-26/h3-4,6-8,11,24,26-28H,1-2,5,9H2/t11-/m0/s1. The Hall–Kier alpha value is -2.71. The molecule has 1 heterocycles. The van der Waals surface area contributed by atoms with Crippen LogP contribution in [0.2, 0.25) is 0 Å². The average molecular weight is 555 g/mol. The molecule has 1 fully saturated rings. The number of likely N-dealkylation sites (tertiary alicyclic amines) is 1. The quantitative estimate of drug-likeness (QED) is 0.402. The van der Waals surface area contributed by atoms with Crippen LogP contribution in [-0.4, -0.2) is 60.1 Å². The van der Waals surface area contributed by atoms with E-state index in [4.69, 9.17) is 0 Å². The molecule has 4 N–H and O–H groups in total. The fraction of sp³-hybridized carbons (Fsp3) is 0.316. The van der Waals surface area contributed by atoms with Crippen LogP contribution in [0.25, 0.3) is 0 Å². The molecule has 1 saturated heterocycles. The predicted molar refractivity (Wildman–Crippen MR) is 113 cm³/mol. The van der Waals surface area contributed by atoms with Crippen LogP contribution in [0.5, 0.6) is 17.2 Å². The van der Waals surface area contributed by atoms with Gasteiger partial charge in [0.25, 0.3) is 15.9 Å². The van der Waals surface area contributed by atoms with Gasteiger partial charge in [-0.2, -0.15) is 0 Å². The highest BCUT2D eigenvalue weighted by atomic mass is 79.9. The summed E-state index contributed by atoms with van der Waals surface area (Å²) in [6.45, 7) is -0.215. The van der Waals surface area contributed by atoms with Crippen molar-refractivity contribution < 1.29 is 46.4 Å². The Morgan fingerprint density at radius 3 is 2.58 bits per heavy atom.